The van der Waals surface area contributed by atoms with E-state index in [1.807, 2.05) is 6.92 Å². The van der Waals surface area contributed by atoms with Crippen molar-refractivity contribution in [2.24, 2.45) is 0 Å². The lowest BCUT2D eigenvalue weighted by Gasteiger charge is -2.18. The zero-order valence-electron chi connectivity index (χ0n) is 13.0. The van der Waals surface area contributed by atoms with Gasteiger partial charge in [-0.25, -0.2) is 0 Å². The molecule has 0 radical (unpaired) electrons. The Hall–Kier alpha value is -1.26. The summed E-state index contributed by atoms with van der Waals surface area (Å²) in [5.74, 6) is 0.420. The van der Waals surface area contributed by atoms with Crippen LogP contribution in [0.1, 0.15) is 55.8 Å². The molecule has 1 fully saturated rings. The Morgan fingerprint density at radius 3 is 2.86 bits per heavy atom. The first-order valence-corrected chi connectivity index (χ1v) is 8.36. The maximum absolute atomic E-state index is 12.5. The van der Waals surface area contributed by atoms with Crippen molar-refractivity contribution in [3.8, 4) is 5.75 Å². The quantitative estimate of drug-likeness (QED) is 0.806. The Morgan fingerprint density at radius 2 is 2.18 bits per heavy atom. The van der Waals surface area contributed by atoms with Crippen LogP contribution in [-0.2, 0) is 0 Å². The largest absolute Gasteiger partial charge is 0.490 e. The van der Waals surface area contributed by atoms with Crippen molar-refractivity contribution < 1.29 is 14.6 Å². The van der Waals surface area contributed by atoms with Gasteiger partial charge in [0.25, 0.3) is 5.91 Å². The normalized spacial score (nSPS) is 16.5. The van der Waals surface area contributed by atoms with E-state index in [0.29, 0.717) is 22.8 Å². The van der Waals surface area contributed by atoms with Crippen molar-refractivity contribution >= 4 is 17.5 Å². The van der Waals surface area contributed by atoms with Gasteiger partial charge in [-0.3, -0.25) is 4.79 Å². The minimum atomic E-state index is -0.180. The van der Waals surface area contributed by atoms with Crippen LogP contribution in [0.15, 0.2) is 18.2 Å². The minimum Gasteiger partial charge on any atom is -0.490 e. The van der Waals surface area contributed by atoms with E-state index in [-0.39, 0.29) is 24.7 Å². The Balaban J connectivity index is 2.06. The molecule has 1 atom stereocenters. The molecule has 1 saturated carbocycles. The van der Waals surface area contributed by atoms with Crippen LogP contribution in [0.2, 0.25) is 5.02 Å². The van der Waals surface area contributed by atoms with Gasteiger partial charge < -0.3 is 15.2 Å². The van der Waals surface area contributed by atoms with Crippen molar-refractivity contribution in [2.75, 3.05) is 6.61 Å². The first kappa shape index (κ1) is 17.1. The second-order valence-electron chi connectivity index (χ2n) is 5.91. The predicted molar refractivity (Wildman–Crippen MR) is 87.6 cm³/mol. The molecule has 2 rings (SSSR count). The molecule has 1 amide bonds. The molecule has 0 bridgehead atoms. The van der Waals surface area contributed by atoms with Gasteiger partial charge in [0.05, 0.1) is 11.7 Å². The fourth-order valence-electron chi connectivity index (χ4n) is 2.74. The summed E-state index contributed by atoms with van der Waals surface area (Å²) < 4.78 is 5.99. The molecule has 1 aromatic carbocycles. The Labute approximate surface area is 136 Å². The number of rotatable bonds is 7. The zero-order chi connectivity index (χ0) is 15.9. The second-order valence-corrected chi connectivity index (χ2v) is 6.34. The molecule has 1 aromatic rings. The summed E-state index contributed by atoms with van der Waals surface area (Å²) in [5.41, 5.74) is 0.482. The molecule has 1 aliphatic carbocycles. The van der Waals surface area contributed by atoms with Gasteiger partial charge in [0.15, 0.2) is 0 Å². The maximum Gasteiger partial charge on any atom is 0.255 e. The highest BCUT2D eigenvalue weighted by molar-refractivity contribution is 6.31. The highest BCUT2D eigenvalue weighted by Gasteiger charge is 2.21. The third-order valence-corrected chi connectivity index (χ3v) is 4.19. The number of ether oxygens (including phenoxy) is 1. The average Bonchev–Trinajstić information content (AvgIpc) is 3.00. The highest BCUT2D eigenvalue weighted by atomic mass is 35.5. The van der Waals surface area contributed by atoms with Gasteiger partial charge in [0.1, 0.15) is 5.75 Å². The van der Waals surface area contributed by atoms with Crippen LogP contribution < -0.4 is 10.1 Å². The molecule has 5 heteroatoms. The van der Waals surface area contributed by atoms with E-state index in [1.165, 1.54) is 12.8 Å². The van der Waals surface area contributed by atoms with Gasteiger partial charge in [-0.2, -0.15) is 0 Å². The van der Waals surface area contributed by atoms with Crippen LogP contribution >= 0.6 is 11.6 Å². The number of carbonyl (C=O) groups is 1. The number of amides is 1. The monoisotopic (exact) mass is 325 g/mol. The molecule has 0 saturated heterocycles. The number of aliphatic hydroxyl groups is 1. The summed E-state index contributed by atoms with van der Waals surface area (Å²) in [7, 11) is 0. The molecule has 1 unspecified atom stereocenters. The van der Waals surface area contributed by atoms with Crippen LogP contribution in [0, 0.1) is 0 Å². The van der Waals surface area contributed by atoms with E-state index < -0.39 is 0 Å². The summed E-state index contributed by atoms with van der Waals surface area (Å²) in [6, 6.07) is 5.17. The van der Waals surface area contributed by atoms with Crippen molar-refractivity contribution in [3.05, 3.63) is 28.8 Å². The lowest BCUT2D eigenvalue weighted by Crippen LogP contribution is -2.33. The van der Waals surface area contributed by atoms with Gasteiger partial charge in [-0.1, -0.05) is 11.6 Å². The van der Waals surface area contributed by atoms with E-state index in [2.05, 4.69) is 5.32 Å². The number of benzene rings is 1. The van der Waals surface area contributed by atoms with Crippen molar-refractivity contribution in [2.45, 2.75) is 57.6 Å². The van der Waals surface area contributed by atoms with Gasteiger partial charge >= 0.3 is 0 Å². The van der Waals surface area contributed by atoms with Gasteiger partial charge in [0, 0.05) is 17.7 Å². The molecule has 0 spiro atoms. The number of halogens is 1. The summed E-state index contributed by atoms with van der Waals surface area (Å²) in [6.45, 7) is 2.06. The Morgan fingerprint density at radius 1 is 1.45 bits per heavy atom. The summed E-state index contributed by atoms with van der Waals surface area (Å²) >= 11 is 6.03. The van der Waals surface area contributed by atoms with Gasteiger partial charge in [-0.05, 0) is 63.6 Å². The van der Waals surface area contributed by atoms with Crippen LogP contribution in [-0.4, -0.2) is 29.8 Å². The molecule has 122 valence electrons. The lowest BCUT2D eigenvalue weighted by atomic mass is 10.1. The highest BCUT2D eigenvalue weighted by Crippen LogP contribution is 2.28. The van der Waals surface area contributed by atoms with E-state index >= 15 is 0 Å². The van der Waals surface area contributed by atoms with Crippen LogP contribution in [0.4, 0.5) is 0 Å². The van der Waals surface area contributed by atoms with Gasteiger partial charge in [-0.15, -0.1) is 0 Å². The molecule has 0 aromatic heterocycles. The average molecular weight is 326 g/mol. The molecule has 0 heterocycles. The van der Waals surface area contributed by atoms with Crippen molar-refractivity contribution in [1.82, 2.24) is 5.32 Å². The summed E-state index contributed by atoms with van der Waals surface area (Å²) in [4.78, 5) is 12.5. The Kier molecular flexibility index (Phi) is 6.52. The van der Waals surface area contributed by atoms with E-state index in [1.54, 1.807) is 18.2 Å². The molecule has 2 N–H and O–H groups in total. The van der Waals surface area contributed by atoms with E-state index in [9.17, 15) is 4.79 Å². The first-order valence-electron chi connectivity index (χ1n) is 7.98. The smallest absolute Gasteiger partial charge is 0.255 e. The van der Waals surface area contributed by atoms with Crippen molar-refractivity contribution in [1.29, 1.82) is 0 Å². The maximum atomic E-state index is 12.5. The first-order chi connectivity index (χ1) is 10.6. The standard InChI is InChI=1S/C17H24ClNO3/c1-12(5-4-10-20)19-17(21)15-11-13(18)8-9-16(15)22-14-6-2-3-7-14/h8-9,11-12,14,20H,2-7,10H2,1H3,(H,19,21). The summed E-state index contributed by atoms with van der Waals surface area (Å²) in [6.07, 6.45) is 6.03. The third kappa shape index (κ3) is 4.89. The third-order valence-electron chi connectivity index (χ3n) is 3.95. The van der Waals surface area contributed by atoms with Crippen LogP contribution in [0.5, 0.6) is 5.75 Å². The van der Waals surface area contributed by atoms with Crippen LogP contribution in [0.3, 0.4) is 0 Å². The minimum absolute atomic E-state index is 0.00189. The Bertz CT molecular complexity index is 501. The second kappa shape index (κ2) is 8.39. The molecule has 4 nitrogen and oxygen atoms in total. The molecular formula is C17H24ClNO3. The fraction of sp³-hybridized carbons (Fsp3) is 0.588. The predicted octanol–water partition coefficient (Wildman–Crippen LogP) is 3.55. The van der Waals surface area contributed by atoms with E-state index in [0.717, 1.165) is 19.3 Å². The number of nitrogens with one attached hydrogen (secondary N) is 1. The van der Waals surface area contributed by atoms with Crippen molar-refractivity contribution in [3.63, 3.8) is 0 Å². The van der Waals surface area contributed by atoms with E-state index in [4.69, 9.17) is 21.4 Å². The number of carbonyl (C=O) groups excluding carboxylic acids is 1. The summed E-state index contributed by atoms with van der Waals surface area (Å²) in [5, 5.41) is 12.3. The SMILES string of the molecule is CC(CCCO)NC(=O)c1cc(Cl)ccc1OC1CCCC1. The molecule has 22 heavy (non-hydrogen) atoms. The molecule has 0 aliphatic heterocycles. The lowest BCUT2D eigenvalue weighted by molar-refractivity contribution is 0.0929. The van der Waals surface area contributed by atoms with Gasteiger partial charge in [0.2, 0.25) is 0 Å². The zero-order valence-corrected chi connectivity index (χ0v) is 13.7. The topological polar surface area (TPSA) is 58.6 Å². The molecule has 1 aliphatic rings. The molecular weight excluding hydrogens is 302 g/mol. The number of hydrogen-bond acceptors (Lipinski definition) is 3. The number of hydrogen-bond donors (Lipinski definition) is 2. The fourth-order valence-corrected chi connectivity index (χ4v) is 2.91. The van der Waals surface area contributed by atoms with Crippen LogP contribution in [0.25, 0.3) is 0 Å². The number of aliphatic hydroxyl groups excluding tert-OH is 1.